The molecule has 29 heavy (non-hydrogen) atoms. The molecule has 0 saturated heterocycles. The van der Waals surface area contributed by atoms with Gasteiger partial charge in [-0.3, -0.25) is 19.5 Å². The van der Waals surface area contributed by atoms with E-state index in [-0.39, 0.29) is 12.2 Å². The van der Waals surface area contributed by atoms with E-state index >= 15 is 0 Å². The predicted molar refractivity (Wildman–Crippen MR) is 104 cm³/mol. The molecule has 10 nitrogen and oxygen atoms in total. The van der Waals surface area contributed by atoms with Crippen molar-refractivity contribution in [3.63, 3.8) is 0 Å². The fourth-order valence-electron chi connectivity index (χ4n) is 2.99. The maximum Gasteiger partial charge on any atom is 0.420 e. The van der Waals surface area contributed by atoms with Crippen molar-refractivity contribution in [2.24, 2.45) is 0 Å². The minimum absolute atomic E-state index is 0.0468. The van der Waals surface area contributed by atoms with Gasteiger partial charge >= 0.3 is 5.76 Å². The van der Waals surface area contributed by atoms with Crippen molar-refractivity contribution in [1.29, 1.82) is 0 Å². The summed E-state index contributed by atoms with van der Waals surface area (Å²) in [5, 5.41) is 17.9. The molecule has 0 spiro atoms. The zero-order chi connectivity index (χ0) is 20.5. The number of para-hydroxylation sites is 2. The van der Waals surface area contributed by atoms with Gasteiger partial charge in [-0.2, -0.15) is 5.10 Å². The molecule has 0 aliphatic carbocycles. The van der Waals surface area contributed by atoms with Gasteiger partial charge in [0.05, 0.1) is 21.8 Å². The second-order valence-corrected chi connectivity index (χ2v) is 6.33. The Hall–Kier alpha value is -4.21. The van der Waals surface area contributed by atoms with Crippen LogP contribution in [0, 0.1) is 17.0 Å². The van der Waals surface area contributed by atoms with Gasteiger partial charge in [0.2, 0.25) is 5.91 Å². The van der Waals surface area contributed by atoms with Crippen molar-refractivity contribution in [3.05, 3.63) is 81.0 Å². The minimum Gasteiger partial charge on any atom is -0.408 e. The highest BCUT2D eigenvalue weighted by Crippen LogP contribution is 2.20. The molecular formula is C19H15N5O5. The number of nitrogens with zero attached hydrogens (tertiary/aromatic N) is 4. The van der Waals surface area contributed by atoms with Gasteiger partial charge in [-0.05, 0) is 31.2 Å². The van der Waals surface area contributed by atoms with Crippen LogP contribution in [0.4, 0.5) is 11.5 Å². The van der Waals surface area contributed by atoms with Crippen molar-refractivity contribution in [3.8, 4) is 5.69 Å². The number of aromatic nitrogens is 3. The van der Waals surface area contributed by atoms with Gasteiger partial charge in [0.25, 0.3) is 5.69 Å². The van der Waals surface area contributed by atoms with Crippen LogP contribution in [0.3, 0.4) is 0 Å². The number of aryl methyl sites for hydroxylation is 1. The Labute approximate surface area is 163 Å². The van der Waals surface area contributed by atoms with Gasteiger partial charge in [-0.25, -0.2) is 9.48 Å². The summed E-state index contributed by atoms with van der Waals surface area (Å²) < 4.78 is 7.84. The zero-order valence-corrected chi connectivity index (χ0v) is 15.2. The van der Waals surface area contributed by atoms with Crippen molar-refractivity contribution < 1.29 is 14.1 Å². The standard InChI is InChI=1S/C19H15N5O5/c1-12-10-17(23(21-12)13-6-8-14(9-7-13)24(27)28)20-18(25)11-22-15-4-2-3-5-16(15)29-19(22)26/h2-10H,11H2,1H3,(H,20,25). The number of non-ortho nitro benzene ring substituents is 1. The lowest BCUT2D eigenvalue weighted by Crippen LogP contribution is -2.25. The zero-order valence-electron chi connectivity index (χ0n) is 15.2. The van der Waals surface area contributed by atoms with Gasteiger partial charge < -0.3 is 9.73 Å². The number of carbonyl (C=O) groups excluding carboxylic acids is 1. The number of rotatable bonds is 5. The average Bonchev–Trinajstić information content (AvgIpc) is 3.21. The lowest BCUT2D eigenvalue weighted by Gasteiger charge is -2.09. The van der Waals surface area contributed by atoms with E-state index in [0.717, 1.165) is 0 Å². The Morgan fingerprint density at radius 1 is 1.21 bits per heavy atom. The number of hydrogen-bond donors (Lipinski definition) is 1. The van der Waals surface area contributed by atoms with Crippen LogP contribution in [0.15, 0.2) is 63.8 Å². The van der Waals surface area contributed by atoms with Gasteiger partial charge in [0.1, 0.15) is 12.4 Å². The third-order valence-electron chi connectivity index (χ3n) is 4.28. The molecular weight excluding hydrogens is 378 g/mol. The number of fused-ring (bicyclic) bond motifs is 1. The van der Waals surface area contributed by atoms with Crippen LogP contribution < -0.4 is 11.1 Å². The average molecular weight is 393 g/mol. The Morgan fingerprint density at radius 3 is 2.66 bits per heavy atom. The van der Waals surface area contributed by atoms with Crippen LogP contribution in [0.2, 0.25) is 0 Å². The summed E-state index contributed by atoms with van der Waals surface area (Å²) in [6.07, 6.45) is 0. The summed E-state index contributed by atoms with van der Waals surface area (Å²) in [5.74, 6) is -0.690. The van der Waals surface area contributed by atoms with E-state index in [0.29, 0.717) is 28.3 Å². The number of amides is 1. The molecule has 2 heterocycles. The molecule has 4 aromatic rings. The van der Waals surface area contributed by atoms with Crippen LogP contribution in [-0.4, -0.2) is 25.2 Å². The van der Waals surface area contributed by atoms with Gasteiger partial charge in [-0.1, -0.05) is 12.1 Å². The number of nitrogens with one attached hydrogen (secondary N) is 1. The molecule has 0 unspecified atom stereocenters. The van der Waals surface area contributed by atoms with Crippen molar-refractivity contribution in [2.45, 2.75) is 13.5 Å². The molecule has 1 amide bonds. The van der Waals surface area contributed by atoms with Crippen LogP contribution in [0.1, 0.15) is 5.69 Å². The van der Waals surface area contributed by atoms with E-state index in [1.165, 1.54) is 33.5 Å². The first-order valence-corrected chi connectivity index (χ1v) is 8.62. The second kappa shape index (κ2) is 7.08. The highest BCUT2D eigenvalue weighted by molar-refractivity contribution is 5.91. The molecule has 2 aromatic heterocycles. The predicted octanol–water partition coefficient (Wildman–Crippen LogP) is 2.64. The van der Waals surface area contributed by atoms with Gasteiger partial charge in [0.15, 0.2) is 5.58 Å². The Balaban J connectivity index is 1.60. The van der Waals surface area contributed by atoms with E-state index < -0.39 is 16.6 Å². The molecule has 1 N–H and O–H groups in total. The molecule has 0 saturated carbocycles. The van der Waals surface area contributed by atoms with Crippen LogP contribution in [0.5, 0.6) is 0 Å². The number of nitro benzene ring substituents is 1. The van der Waals surface area contributed by atoms with Crippen LogP contribution >= 0.6 is 0 Å². The second-order valence-electron chi connectivity index (χ2n) is 6.33. The molecule has 0 bridgehead atoms. The molecule has 0 atom stereocenters. The minimum atomic E-state index is -0.624. The number of oxazole rings is 1. The molecule has 0 fully saturated rings. The third kappa shape index (κ3) is 3.50. The first-order chi connectivity index (χ1) is 13.9. The summed E-state index contributed by atoms with van der Waals surface area (Å²) in [6.45, 7) is 1.52. The molecule has 4 rings (SSSR count). The number of carbonyl (C=O) groups is 1. The monoisotopic (exact) mass is 393 g/mol. The topological polar surface area (TPSA) is 125 Å². The summed E-state index contributed by atoms with van der Waals surface area (Å²) in [5.41, 5.74) is 2.06. The molecule has 10 heteroatoms. The lowest BCUT2D eigenvalue weighted by atomic mass is 10.3. The quantitative estimate of drug-likeness (QED) is 0.410. The first kappa shape index (κ1) is 18.2. The molecule has 0 aliphatic heterocycles. The van der Waals surface area contributed by atoms with E-state index in [2.05, 4.69) is 10.4 Å². The molecule has 0 radical (unpaired) electrons. The number of hydrogen-bond acceptors (Lipinski definition) is 6. The number of benzene rings is 2. The van der Waals surface area contributed by atoms with Crippen molar-refractivity contribution in [1.82, 2.24) is 14.3 Å². The summed E-state index contributed by atoms with van der Waals surface area (Å²) in [6, 6.07) is 14.3. The van der Waals surface area contributed by atoms with E-state index in [1.54, 1.807) is 37.3 Å². The highest BCUT2D eigenvalue weighted by Gasteiger charge is 2.16. The highest BCUT2D eigenvalue weighted by atomic mass is 16.6. The van der Waals surface area contributed by atoms with E-state index in [1.807, 2.05) is 0 Å². The third-order valence-corrected chi connectivity index (χ3v) is 4.28. The van der Waals surface area contributed by atoms with Crippen molar-refractivity contribution >= 4 is 28.5 Å². The summed E-state index contributed by atoms with van der Waals surface area (Å²) in [7, 11) is 0. The van der Waals surface area contributed by atoms with Gasteiger partial charge in [0, 0.05) is 18.2 Å². The van der Waals surface area contributed by atoms with Gasteiger partial charge in [-0.15, -0.1) is 0 Å². The Bertz CT molecular complexity index is 1280. The molecule has 2 aromatic carbocycles. The van der Waals surface area contributed by atoms with E-state index in [9.17, 15) is 19.7 Å². The smallest absolute Gasteiger partial charge is 0.408 e. The normalized spacial score (nSPS) is 10.9. The van der Waals surface area contributed by atoms with Crippen LogP contribution in [-0.2, 0) is 11.3 Å². The lowest BCUT2D eigenvalue weighted by molar-refractivity contribution is -0.384. The number of anilines is 1. The fourth-order valence-corrected chi connectivity index (χ4v) is 2.99. The Morgan fingerprint density at radius 2 is 1.93 bits per heavy atom. The summed E-state index contributed by atoms with van der Waals surface area (Å²) in [4.78, 5) is 35.0. The first-order valence-electron chi connectivity index (χ1n) is 8.62. The molecule has 0 aliphatic rings. The Kier molecular flexibility index (Phi) is 4.43. The maximum absolute atomic E-state index is 12.6. The van der Waals surface area contributed by atoms with Crippen molar-refractivity contribution in [2.75, 3.05) is 5.32 Å². The SMILES string of the molecule is Cc1cc(NC(=O)Cn2c(=O)oc3ccccc32)n(-c2ccc([N+](=O)[O-])cc2)n1. The molecule has 146 valence electrons. The maximum atomic E-state index is 12.6. The summed E-state index contributed by atoms with van der Waals surface area (Å²) >= 11 is 0. The fraction of sp³-hybridized carbons (Fsp3) is 0.105. The van der Waals surface area contributed by atoms with Crippen LogP contribution in [0.25, 0.3) is 16.8 Å². The van der Waals surface area contributed by atoms with E-state index in [4.69, 9.17) is 4.42 Å². The number of nitro groups is 1. The largest absolute Gasteiger partial charge is 0.420 e.